The van der Waals surface area contributed by atoms with Gasteiger partial charge in [-0.25, -0.2) is 0 Å². The quantitative estimate of drug-likeness (QED) is 0.446. The van der Waals surface area contributed by atoms with Gasteiger partial charge in [-0.2, -0.15) is 13.2 Å². The number of rotatable bonds is 8. The summed E-state index contributed by atoms with van der Waals surface area (Å²) in [6.07, 6.45) is -0.425. The first-order valence-corrected chi connectivity index (χ1v) is 11.3. The van der Waals surface area contributed by atoms with Gasteiger partial charge in [-0.15, -0.1) is 0 Å². The van der Waals surface area contributed by atoms with E-state index in [0.29, 0.717) is 29.8 Å². The highest BCUT2D eigenvalue weighted by atomic mass is 19.4. The number of alkyl halides is 3. The van der Waals surface area contributed by atoms with Crippen LogP contribution in [0.25, 0.3) is 0 Å². The Morgan fingerprint density at radius 2 is 1.86 bits per heavy atom. The smallest absolute Gasteiger partial charge is 0.354 e. The number of halogens is 3. The molecular weight excluding hydrogens is 473 g/mol. The van der Waals surface area contributed by atoms with E-state index < -0.39 is 17.2 Å². The number of nitrogens with zero attached hydrogens (tertiary/aromatic N) is 2. The van der Waals surface area contributed by atoms with Gasteiger partial charge in [-0.3, -0.25) is 19.4 Å². The third-order valence-corrected chi connectivity index (χ3v) is 6.27. The molecule has 2 N–H and O–H groups in total. The summed E-state index contributed by atoms with van der Waals surface area (Å²) in [7, 11) is 1.59. The van der Waals surface area contributed by atoms with Crippen LogP contribution in [0.4, 0.5) is 24.5 Å². The summed E-state index contributed by atoms with van der Waals surface area (Å²) in [6, 6.07) is 10.1. The van der Waals surface area contributed by atoms with E-state index in [0.717, 1.165) is 6.07 Å². The number of carbonyl (C=O) groups excluding carboxylic acids is 2. The highest BCUT2D eigenvalue weighted by Crippen LogP contribution is 2.49. The first-order valence-electron chi connectivity index (χ1n) is 11.3. The Balaban J connectivity index is 1.35. The molecule has 10 heteroatoms. The molecule has 1 saturated carbocycles. The van der Waals surface area contributed by atoms with E-state index in [1.807, 2.05) is 0 Å². The average Bonchev–Trinajstić information content (AvgIpc) is 3.61. The standard InChI is InChI=1S/C26H25F3N4O3/c1-16-3-6-21(20(11-16)26(27,28)29)32-19-5-4-18(30-15-19)14-31-24(36)25(8-9-25)13-22(34)17-7-10-33(2)23(35)12-17/h3-7,10-12,15,32H,8-9,13-14H2,1-2H3,(H,31,36). The summed E-state index contributed by atoms with van der Waals surface area (Å²) in [6.45, 7) is 1.70. The molecule has 2 aromatic heterocycles. The van der Waals surface area contributed by atoms with Gasteiger partial charge < -0.3 is 15.2 Å². The van der Waals surface area contributed by atoms with E-state index >= 15 is 0 Å². The fraction of sp³-hybridized carbons (Fsp3) is 0.308. The summed E-state index contributed by atoms with van der Waals surface area (Å²) >= 11 is 0. The number of ketones is 1. The fourth-order valence-electron chi connectivity index (χ4n) is 3.88. The van der Waals surface area contributed by atoms with Crippen LogP contribution in [0.3, 0.4) is 0 Å². The lowest BCUT2D eigenvalue weighted by atomic mass is 9.95. The molecule has 0 spiro atoms. The number of anilines is 2. The van der Waals surface area contributed by atoms with Crippen LogP contribution in [-0.2, 0) is 24.6 Å². The maximum absolute atomic E-state index is 13.4. The molecule has 1 fully saturated rings. The van der Waals surface area contributed by atoms with Gasteiger partial charge in [-0.05, 0) is 50.1 Å². The van der Waals surface area contributed by atoms with E-state index in [1.165, 1.54) is 29.1 Å². The van der Waals surface area contributed by atoms with Crippen molar-refractivity contribution in [3.8, 4) is 0 Å². The third-order valence-electron chi connectivity index (χ3n) is 6.27. The zero-order valence-corrected chi connectivity index (χ0v) is 19.8. The number of benzene rings is 1. The van der Waals surface area contributed by atoms with E-state index in [4.69, 9.17) is 0 Å². The molecule has 1 aliphatic carbocycles. The maximum atomic E-state index is 13.4. The Labute approximate surface area is 205 Å². The number of Topliss-reactive ketones (excluding diaryl/α,β-unsaturated/α-hetero) is 1. The van der Waals surface area contributed by atoms with Crippen LogP contribution >= 0.6 is 0 Å². The Hall–Kier alpha value is -3.95. The summed E-state index contributed by atoms with van der Waals surface area (Å²) < 4.78 is 41.4. The van der Waals surface area contributed by atoms with E-state index in [-0.39, 0.29) is 41.5 Å². The molecule has 1 aliphatic rings. The van der Waals surface area contributed by atoms with Crippen molar-refractivity contribution in [2.75, 3.05) is 5.32 Å². The first-order chi connectivity index (χ1) is 17.0. The molecule has 3 aromatic rings. The van der Waals surface area contributed by atoms with Gasteiger partial charge in [0.1, 0.15) is 0 Å². The number of hydrogen-bond acceptors (Lipinski definition) is 5. The highest BCUT2D eigenvalue weighted by molar-refractivity contribution is 6.00. The molecule has 1 amide bonds. The number of nitrogens with one attached hydrogen (secondary N) is 2. The second-order valence-corrected chi connectivity index (χ2v) is 9.14. The molecule has 0 aliphatic heterocycles. The minimum atomic E-state index is -4.50. The van der Waals surface area contributed by atoms with Crippen LogP contribution in [0.1, 0.15) is 46.4 Å². The Kier molecular flexibility index (Phi) is 6.71. The fourth-order valence-corrected chi connectivity index (χ4v) is 3.88. The molecule has 2 heterocycles. The third kappa shape index (κ3) is 5.64. The van der Waals surface area contributed by atoms with Crippen molar-refractivity contribution in [1.29, 1.82) is 0 Å². The van der Waals surface area contributed by atoms with Crippen molar-refractivity contribution in [1.82, 2.24) is 14.9 Å². The van der Waals surface area contributed by atoms with Crippen LogP contribution < -0.4 is 16.2 Å². The van der Waals surface area contributed by atoms with Crippen molar-refractivity contribution in [2.24, 2.45) is 12.5 Å². The molecule has 0 radical (unpaired) electrons. The zero-order chi connectivity index (χ0) is 26.1. The summed E-state index contributed by atoms with van der Waals surface area (Å²) in [5, 5.41) is 5.54. The van der Waals surface area contributed by atoms with Crippen molar-refractivity contribution in [3.05, 3.63) is 87.6 Å². The number of amides is 1. The first kappa shape index (κ1) is 25.2. The van der Waals surface area contributed by atoms with Crippen molar-refractivity contribution < 1.29 is 22.8 Å². The SMILES string of the molecule is Cc1ccc(Nc2ccc(CNC(=O)C3(CC(=O)c4ccn(C)c(=O)c4)CC3)nc2)c(C(F)(F)F)c1. The lowest BCUT2D eigenvalue weighted by Crippen LogP contribution is -2.33. The number of aryl methyl sites for hydroxylation is 2. The largest absolute Gasteiger partial charge is 0.418 e. The Bertz CT molecular complexity index is 1360. The number of pyridine rings is 2. The normalized spacial score (nSPS) is 14.2. The van der Waals surface area contributed by atoms with Crippen molar-refractivity contribution in [3.63, 3.8) is 0 Å². The predicted molar refractivity (Wildman–Crippen MR) is 128 cm³/mol. The van der Waals surface area contributed by atoms with Gasteiger partial charge in [0.2, 0.25) is 5.91 Å². The van der Waals surface area contributed by atoms with Crippen LogP contribution in [0.5, 0.6) is 0 Å². The molecule has 188 valence electrons. The minimum Gasteiger partial charge on any atom is -0.354 e. The summed E-state index contributed by atoms with van der Waals surface area (Å²) in [4.78, 5) is 41.4. The van der Waals surface area contributed by atoms with Gasteiger partial charge in [0, 0.05) is 31.3 Å². The molecule has 0 bridgehead atoms. The van der Waals surface area contributed by atoms with Crippen LogP contribution in [-0.4, -0.2) is 21.2 Å². The second-order valence-electron chi connectivity index (χ2n) is 9.14. The second kappa shape index (κ2) is 9.60. The van der Waals surface area contributed by atoms with Gasteiger partial charge in [-0.1, -0.05) is 11.6 Å². The van der Waals surface area contributed by atoms with Gasteiger partial charge >= 0.3 is 6.18 Å². The summed E-state index contributed by atoms with van der Waals surface area (Å²) in [5.41, 5.74) is -0.258. The highest BCUT2D eigenvalue weighted by Gasteiger charge is 2.51. The number of hydrogen-bond donors (Lipinski definition) is 2. The monoisotopic (exact) mass is 498 g/mol. The van der Waals surface area contributed by atoms with Crippen LogP contribution in [0.15, 0.2) is 59.7 Å². The average molecular weight is 499 g/mol. The van der Waals surface area contributed by atoms with Crippen LogP contribution in [0, 0.1) is 12.3 Å². The molecule has 0 atom stereocenters. The molecule has 1 aromatic carbocycles. The number of carbonyl (C=O) groups is 2. The topological polar surface area (TPSA) is 93.1 Å². The minimum absolute atomic E-state index is 0.0143. The zero-order valence-electron chi connectivity index (χ0n) is 19.8. The van der Waals surface area contributed by atoms with Crippen LogP contribution in [0.2, 0.25) is 0 Å². The molecule has 0 saturated heterocycles. The van der Waals surface area contributed by atoms with E-state index in [9.17, 15) is 27.6 Å². The lowest BCUT2D eigenvalue weighted by Gasteiger charge is -2.16. The predicted octanol–water partition coefficient (Wildman–Crippen LogP) is 4.52. The van der Waals surface area contributed by atoms with Gasteiger partial charge in [0.05, 0.1) is 40.8 Å². The van der Waals surface area contributed by atoms with E-state index in [2.05, 4.69) is 15.6 Å². The number of aromatic nitrogens is 2. The maximum Gasteiger partial charge on any atom is 0.418 e. The Morgan fingerprint density at radius 3 is 2.47 bits per heavy atom. The van der Waals surface area contributed by atoms with Crippen molar-refractivity contribution in [2.45, 2.75) is 38.9 Å². The van der Waals surface area contributed by atoms with Crippen molar-refractivity contribution >= 4 is 23.1 Å². The molecule has 36 heavy (non-hydrogen) atoms. The van der Waals surface area contributed by atoms with Gasteiger partial charge in [0.15, 0.2) is 5.78 Å². The molecule has 7 nitrogen and oxygen atoms in total. The van der Waals surface area contributed by atoms with E-state index in [1.54, 1.807) is 38.2 Å². The lowest BCUT2D eigenvalue weighted by molar-refractivity contribution is -0.137. The Morgan fingerprint density at radius 1 is 1.11 bits per heavy atom. The van der Waals surface area contributed by atoms with Gasteiger partial charge in [0.25, 0.3) is 5.56 Å². The molecule has 0 unspecified atom stereocenters. The molecular formula is C26H25F3N4O3. The summed E-state index contributed by atoms with van der Waals surface area (Å²) in [5.74, 6) is -0.526. The molecule has 4 rings (SSSR count).